The van der Waals surface area contributed by atoms with Crippen molar-refractivity contribution in [1.82, 2.24) is 10.3 Å². The number of methoxy groups -OCH3 is 1. The van der Waals surface area contributed by atoms with Crippen molar-refractivity contribution in [3.63, 3.8) is 0 Å². The van der Waals surface area contributed by atoms with Crippen molar-refractivity contribution in [1.29, 1.82) is 0 Å². The van der Waals surface area contributed by atoms with Gasteiger partial charge in [0.15, 0.2) is 0 Å². The molecule has 3 rings (SSSR count). The fraction of sp³-hybridized carbons (Fsp3) is 0.429. The average Bonchev–Trinajstić information content (AvgIpc) is 2.98. The van der Waals surface area contributed by atoms with Gasteiger partial charge in [-0.2, -0.15) is 0 Å². The van der Waals surface area contributed by atoms with E-state index in [-0.39, 0.29) is 0 Å². The molecule has 1 aromatic heterocycles. The van der Waals surface area contributed by atoms with Crippen LogP contribution in [0.15, 0.2) is 24.4 Å². The Morgan fingerprint density at radius 3 is 3.06 bits per heavy atom. The van der Waals surface area contributed by atoms with E-state index in [4.69, 9.17) is 4.74 Å². The van der Waals surface area contributed by atoms with Crippen LogP contribution in [0.5, 0.6) is 5.75 Å². The van der Waals surface area contributed by atoms with Crippen molar-refractivity contribution in [3.05, 3.63) is 30.0 Å². The molecule has 0 saturated carbocycles. The Morgan fingerprint density at radius 1 is 1.35 bits per heavy atom. The van der Waals surface area contributed by atoms with Crippen LogP contribution in [0.25, 0.3) is 10.9 Å². The highest BCUT2D eigenvalue weighted by atomic mass is 16.5. The number of ether oxygens (including phenoxy) is 1. The van der Waals surface area contributed by atoms with Gasteiger partial charge >= 0.3 is 0 Å². The van der Waals surface area contributed by atoms with Crippen LogP contribution in [-0.4, -0.2) is 25.2 Å². The van der Waals surface area contributed by atoms with Gasteiger partial charge in [0, 0.05) is 17.1 Å². The number of nitrogens with one attached hydrogen (secondary N) is 2. The Labute approximate surface area is 101 Å². The number of benzene rings is 1. The molecule has 1 aromatic carbocycles. The second kappa shape index (κ2) is 4.41. The van der Waals surface area contributed by atoms with Gasteiger partial charge in [0.25, 0.3) is 0 Å². The van der Waals surface area contributed by atoms with Crippen molar-refractivity contribution in [2.24, 2.45) is 5.92 Å². The molecule has 1 saturated heterocycles. The third-order valence-corrected chi connectivity index (χ3v) is 3.64. The number of hydrogen-bond acceptors (Lipinski definition) is 2. The first kappa shape index (κ1) is 10.7. The van der Waals surface area contributed by atoms with Gasteiger partial charge in [-0.25, -0.2) is 0 Å². The zero-order valence-corrected chi connectivity index (χ0v) is 10.1. The molecule has 2 heterocycles. The van der Waals surface area contributed by atoms with Gasteiger partial charge in [-0.3, -0.25) is 0 Å². The van der Waals surface area contributed by atoms with E-state index < -0.39 is 0 Å². The fourth-order valence-corrected chi connectivity index (χ4v) is 2.75. The monoisotopic (exact) mass is 230 g/mol. The summed E-state index contributed by atoms with van der Waals surface area (Å²) in [6, 6.07) is 6.43. The van der Waals surface area contributed by atoms with Crippen molar-refractivity contribution < 1.29 is 4.74 Å². The Morgan fingerprint density at radius 2 is 2.29 bits per heavy atom. The minimum Gasteiger partial charge on any atom is -0.496 e. The average molecular weight is 230 g/mol. The standard InChI is InChI=1S/C14H18N2O/c1-17-14-11(8-10-4-6-15-9-10)2-3-13-12(14)5-7-16-13/h2-3,5,7,10,15-16H,4,6,8-9H2,1H3. The summed E-state index contributed by atoms with van der Waals surface area (Å²) in [5, 5.41) is 4.61. The van der Waals surface area contributed by atoms with Gasteiger partial charge < -0.3 is 15.0 Å². The van der Waals surface area contributed by atoms with Gasteiger partial charge in [-0.15, -0.1) is 0 Å². The second-order valence-electron chi connectivity index (χ2n) is 4.76. The first-order chi connectivity index (χ1) is 8.38. The highest BCUT2D eigenvalue weighted by Gasteiger charge is 2.18. The SMILES string of the molecule is COc1c(CC2CCNC2)ccc2[nH]ccc12. The van der Waals surface area contributed by atoms with Crippen molar-refractivity contribution in [3.8, 4) is 5.75 Å². The van der Waals surface area contributed by atoms with E-state index in [1.807, 2.05) is 6.20 Å². The van der Waals surface area contributed by atoms with Crippen LogP contribution >= 0.6 is 0 Å². The van der Waals surface area contributed by atoms with E-state index in [9.17, 15) is 0 Å². The maximum atomic E-state index is 5.59. The molecular weight excluding hydrogens is 212 g/mol. The Balaban J connectivity index is 1.96. The summed E-state index contributed by atoms with van der Waals surface area (Å²) in [4.78, 5) is 3.22. The molecule has 1 fully saturated rings. The largest absolute Gasteiger partial charge is 0.496 e. The number of H-pyrrole nitrogens is 1. The molecule has 1 atom stereocenters. The van der Waals surface area contributed by atoms with E-state index in [1.165, 1.54) is 17.4 Å². The molecule has 1 aliphatic heterocycles. The van der Waals surface area contributed by atoms with Crippen LogP contribution in [0.3, 0.4) is 0 Å². The smallest absolute Gasteiger partial charge is 0.131 e. The van der Waals surface area contributed by atoms with E-state index >= 15 is 0 Å². The molecule has 3 nitrogen and oxygen atoms in total. The second-order valence-corrected chi connectivity index (χ2v) is 4.76. The minimum atomic E-state index is 0.750. The van der Waals surface area contributed by atoms with Crippen molar-refractivity contribution in [2.45, 2.75) is 12.8 Å². The molecule has 0 bridgehead atoms. The molecule has 1 unspecified atom stereocenters. The molecule has 90 valence electrons. The lowest BCUT2D eigenvalue weighted by Crippen LogP contribution is -2.11. The zero-order chi connectivity index (χ0) is 11.7. The molecule has 0 radical (unpaired) electrons. The number of aromatic amines is 1. The summed E-state index contributed by atoms with van der Waals surface area (Å²) in [6.45, 7) is 2.29. The molecule has 0 spiro atoms. The minimum absolute atomic E-state index is 0.750. The van der Waals surface area contributed by atoms with Gasteiger partial charge in [-0.05, 0) is 49.5 Å². The maximum Gasteiger partial charge on any atom is 0.131 e. The third-order valence-electron chi connectivity index (χ3n) is 3.64. The fourth-order valence-electron chi connectivity index (χ4n) is 2.75. The highest BCUT2D eigenvalue weighted by molar-refractivity contribution is 5.87. The summed E-state index contributed by atoms with van der Waals surface area (Å²) in [6.07, 6.45) is 4.35. The van der Waals surface area contributed by atoms with Crippen molar-refractivity contribution in [2.75, 3.05) is 20.2 Å². The summed E-state index contributed by atoms with van der Waals surface area (Å²) in [5.74, 6) is 1.79. The quantitative estimate of drug-likeness (QED) is 0.849. The van der Waals surface area contributed by atoms with Crippen molar-refractivity contribution >= 4 is 10.9 Å². The van der Waals surface area contributed by atoms with Crippen LogP contribution in [-0.2, 0) is 6.42 Å². The number of rotatable bonds is 3. The lowest BCUT2D eigenvalue weighted by Gasteiger charge is -2.13. The van der Waals surface area contributed by atoms with E-state index in [1.54, 1.807) is 7.11 Å². The first-order valence-corrected chi connectivity index (χ1v) is 6.22. The van der Waals surface area contributed by atoms with Crippen LogP contribution in [0.1, 0.15) is 12.0 Å². The third kappa shape index (κ3) is 1.91. The van der Waals surface area contributed by atoms with E-state index in [2.05, 4.69) is 28.5 Å². The number of hydrogen-bond donors (Lipinski definition) is 2. The van der Waals surface area contributed by atoms with Gasteiger partial charge in [0.05, 0.1) is 7.11 Å². The molecule has 0 amide bonds. The number of fused-ring (bicyclic) bond motifs is 1. The molecule has 0 aliphatic carbocycles. The molecule has 3 heteroatoms. The van der Waals surface area contributed by atoms with Crippen LogP contribution in [0.4, 0.5) is 0 Å². The topological polar surface area (TPSA) is 37.0 Å². The zero-order valence-electron chi connectivity index (χ0n) is 10.1. The molecule has 2 aromatic rings. The Hall–Kier alpha value is -1.48. The predicted octanol–water partition coefficient (Wildman–Crippen LogP) is 2.33. The first-order valence-electron chi connectivity index (χ1n) is 6.22. The summed E-state index contributed by atoms with van der Waals surface area (Å²) in [7, 11) is 1.76. The van der Waals surface area contributed by atoms with Crippen LogP contribution < -0.4 is 10.1 Å². The molecule has 17 heavy (non-hydrogen) atoms. The lowest BCUT2D eigenvalue weighted by atomic mass is 9.97. The Bertz CT molecular complexity index is 512. The van der Waals surface area contributed by atoms with E-state index in [0.717, 1.165) is 36.7 Å². The molecule has 2 N–H and O–H groups in total. The summed E-state index contributed by atoms with van der Waals surface area (Å²) >= 11 is 0. The Kier molecular flexibility index (Phi) is 2.77. The van der Waals surface area contributed by atoms with Crippen LogP contribution in [0, 0.1) is 5.92 Å². The predicted molar refractivity (Wildman–Crippen MR) is 69.5 cm³/mol. The molecule has 1 aliphatic rings. The van der Waals surface area contributed by atoms with Crippen LogP contribution in [0.2, 0.25) is 0 Å². The summed E-state index contributed by atoms with van der Waals surface area (Å²) in [5.41, 5.74) is 2.48. The maximum absolute atomic E-state index is 5.59. The van der Waals surface area contributed by atoms with E-state index in [0.29, 0.717) is 0 Å². The van der Waals surface area contributed by atoms with Gasteiger partial charge in [-0.1, -0.05) is 6.07 Å². The highest BCUT2D eigenvalue weighted by Crippen LogP contribution is 2.31. The summed E-state index contributed by atoms with van der Waals surface area (Å²) < 4.78 is 5.59. The van der Waals surface area contributed by atoms with Gasteiger partial charge in [0.1, 0.15) is 5.75 Å². The van der Waals surface area contributed by atoms with Gasteiger partial charge in [0.2, 0.25) is 0 Å². The molecular formula is C14H18N2O. The number of aromatic nitrogens is 1. The lowest BCUT2D eigenvalue weighted by molar-refractivity contribution is 0.410. The normalized spacial score (nSPS) is 19.9.